The van der Waals surface area contributed by atoms with Gasteiger partial charge in [-0.25, -0.2) is 0 Å². The fraction of sp³-hybridized carbons (Fsp3) is 0.600. The van der Waals surface area contributed by atoms with Crippen LogP contribution in [-0.4, -0.2) is 76.0 Å². The van der Waals surface area contributed by atoms with Crippen LogP contribution in [-0.2, 0) is 28.8 Å². The molecular formula is C15H26N6O8. The van der Waals surface area contributed by atoms with Crippen LogP contribution in [0.15, 0.2) is 0 Å². The highest BCUT2D eigenvalue weighted by molar-refractivity contribution is 5.97. The summed E-state index contributed by atoms with van der Waals surface area (Å²) >= 11 is 0. The molecule has 0 saturated carbocycles. The largest absolute Gasteiger partial charge is 0.480 e. The maximum atomic E-state index is 12.4. The second-order valence-corrected chi connectivity index (χ2v) is 6.30. The maximum absolute atomic E-state index is 12.4. The van der Waals surface area contributed by atoms with Gasteiger partial charge in [-0.15, -0.1) is 0 Å². The van der Waals surface area contributed by atoms with Gasteiger partial charge in [-0.1, -0.05) is 0 Å². The number of carbonyl (C=O) groups is 6. The first kappa shape index (κ1) is 25.7. The van der Waals surface area contributed by atoms with Gasteiger partial charge in [0.2, 0.25) is 29.5 Å². The molecule has 5 unspecified atom stereocenters. The lowest BCUT2D eigenvalue weighted by atomic mass is 10.1. The number of hydrogen-bond acceptors (Lipinski definition) is 8. The van der Waals surface area contributed by atoms with Crippen LogP contribution in [0.1, 0.15) is 26.7 Å². The van der Waals surface area contributed by atoms with E-state index in [1.807, 2.05) is 0 Å². The summed E-state index contributed by atoms with van der Waals surface area (Å²) in [5.74, 6) is -6.42. The van der Waals surface area contributed by atoms with Crippen molar-refractivity contribution in [1.29, 1.82) is 0 Å². The third-order valence-corrected chi connectivity index (χ3v) is 3.63. The Morgan fingerprint density at radius 1 is 0.793 bits per heavy atom. The highest BCUT2D eigenvalue weighted by atomic mass is 16.4. The normalized spacial score (nSPS) is 15.7. The summed E-state index contributed by atoms with van der Waals surface area (Å²) in [5.41, 5.74) is 15.5. The highest BCUT2D eigenvalue weighted by Gasteiger charge is 2.31. The Morgan fingerprint density at radius 3 is 1.52 bits per heavy atom. The van der Waals surface area contributed by atoms with Gasteiger partial charge in [-0.05, 0) is 13.8 Å². The van der Waals surface area contributed by atoms with Gasteiger partial charge in [0, 0.05) is 0 Å². The van der Waals surface area contributed by atoms with Crippen LogP contribution in [0.3, 0.4) is 0 Å². The molecule has 0 bridgehead atoms. The zero-order valence-electron chi connectivity index (χ0n) is 15.9. The van der Waals surface area contributed by atoms with Crippen molar-refractivity contribution in [3.8, 4) is 0 Å². The molecule has 0 heterocycles. The van der Waals surface area contributed by atoms with Crippen molar-refractivity contribution in [2.75, 3.05) is 0 Å². The highest BCUT2D eigenvalue weighted by Crippen LogP contribution is 2.00. The fourth-order valence-corrected chi connectivity index (χ4v) is 1.96. The Hall–Kier alpha value is -3.26. The van der Waals surface area contributed by atoms with Crippen LogP contribution in [0.4, 0.5) is 0 Å². The summed E-state index contributed by atoms with van der Waals surface area (Å²) in [5, 5.41) is 24.4. The Kier molecular flexibility index (Phi) is 10.3. The summed E-state index contributed by atoms with van der Waals surface area (Å²) in [6.45, 7) is 2.38. The molecule has 0 aliphatic rings. The van der Waals surface area contributed by atoms with Crippen molar-refractivity contribution in [3.05, 3.63) is 0 Å². The molecule has 14 heteroatoms. The van der Waals surface area contributed by atoms with E-state index >= 15 is 0 Å². The first-order valence-corrected chi connectivity index (χ1v) is 8.40. The molecule has 164 valence electrons. The van der Waals surface area contributed by atoms with Crippen LogP contribution in [0, 0.1) is 0 Å². The molecule has 29 heavy (non-hydrogen) atoms. The van der Waals surface area contributed by atoms with Gasteiger partial charge in [0.05, 0.1) is 18.9 Å². The number of aliphatic hydroxyl groups excluding tert-OH is 1. The SMILES string of the molecule is CC(NC(=O)C(CC(N)=O)NC(=O)C(CC(N)=O)NC(=O)C(N)C(C)O)C(=O)O. The van der Waals surface area contributed by atoms with E-state index in [9.17, 15) is 33.9 Å². The molecule has 0 aromatic rings. The molecule has 0 rings (SSSR count). The van der Waals surface area contributed by atoms with E-state index in [0.29, 0.717) is 0 Å². The number of carbonyl (C=O) groups excluding carboxylic acids is 5. The summed E-state index contributed by atoms with van der Waals surface area (Å²) in [4.78, 5) is 69.8. The average Bonchev–Trinajstić information content (AvgIpc) is 2.58. The molecule has 5 atom stereocenters. The zero-order valence-corrected chi connectivity index (χ0v) is 15.9. The average molecular weight is 418 g/mol. The monoisotopic (exact) mass is 418 g/mol. The molecule has 11 N–H and O–H groups in total. The van der Waals surface area contributed by atoms with E-state index in [-0.39, 0.29) is 0 Å². The molecule has 0 aliphatic heterocycles. The summed E-state index contributed by atoms with van der Waals surface area (Å²) in [6.07, 6.45) is -2.63. The third-order valence-electron chi connectivity index (χ3n) is 3.63. The number of amides is 5. The van der Waals surface area contributed by atoms with Gasteiger partial charge in [0.25, 0.3) is 0 Å². The van der Waals surface area contributed by atoms with Crippen molar-refractivity contribution in [2.24, 2.45) is 17.2 Å². The quantitative estimate of drug-likeness (QED) is 0.151. The molecule has 14 nitrogen and oxygen atoms in total. The van der Waals surface area contributed by atoms with Crippen molar-refractivity contribution in [3.63, 3.8) is 0 Å². The summed E-state index contributed by atoms with van der Waals surface area (Å²) in [6, 6.07) is -5.91. The van der Waals surface area contributed by atoms with Crippen LogP contribution in [0.25, 0.3) is 0 Å². The molecule has 0 aromatic carbocycles. The predicted molar refractivity (Wildman–Crippen MR) is 96.4 cm³/mol. The van der Waals surface area contributed by atoms with Crippen molar-refractivity contribution in [1.82, 2.24) is 16.0 Å². The Morgan fingerprint density at radius 2 is 1.17 bits per heavy atom. The van der Waals surface area contributed by atoms with E-state index in [1.54, 1.807) is 0 Å². The molecule has 0 aromatic heterocycles. The molecule has 0 saturated heterocycles. The van der Waals surface area contributed by atoms with Crippen LogP contribution < -0.4 is 33.2 Å². The minimum atomic E-state index is -1.58. The predicted octanol–water partition coefficient (Wildman–Crippen LogP) is -5.00. The fourth-order valence-electron chi connectivity index (χ4n) is 1.96. The molecule has 5 amide bonds. The first-order chi connectivity index (χ1) is 13.3. The summed E-state index contributed by atoms with van der Waals surface area (Å²) < 4.78 is 0. The number of primary amides is 2. The van der Waals surface area contributed by atoms with Crippen LogP contribution >= 0.6 is 0 Å². The van der Waals surface area contributed by atoms with E-state index in [2.05, 4.69) is 16.0 Å². The number of hydrogen-bond donors (Lipinski definition) is 8. The lowest BCUT2D eigenvalue weighted by Gasteiger charge is -2.24. The van der Waals surface area contributed by atoms with E-state index in [4.69, 9.17) is 22.3 Å². The van der Waals surface area contributed by atoms with Gasteiger partial charge in [-0.3, -0.25) is 28.8 Å². The standard InChI is InChI=1S/C15H26N6O8/c1-5(15(28)29)19-12(25)7(3-9(16)23)20-13(26)8(4-10(17)24)21-14(27)11(18)6(2)22/h5-8,11,22H,3-4,18H2,1-2H3,(H2,16,23)(H2,17,24)(H,19,25)(H,20,26)(H,21,27)(H,28,29). The maximum Gasteiger partial charge on any atom is 0.325 e. The smallest absolute Gasteiger partial charge is 0.325 e. The third kappa shape index (κ3) is 9.48. The number of carboxylic acids is 1. The van der Waals surface area contributed by atoms with Gasteiger partial charge >= 0.3 is 5.97 Å². The second kappa shape index (κ2) is 11.6. The zero-order chi connectivity index (χ0) is 22.9. The van der Waals surface area contributed by atoms with Crippen molar-refractivity contribution in [2.45, 2.75) is 57.0 Å². The van der Waals surface area contributed by atoms with Crippen LogP contribution in [0.5, 0.6) is 0 Å². The number of aliphatic hydroxyl groups is 1. The van der Waals surface area contributed by atoms with E-state index in [1.165, 1.54) is 6.92 Å². The lowest BCUT2D eigenvalue weighted by Crippen LogP contribution is -2.59. The summed E-state index contributed by atoms with van der Waals surface area (Å²) in [7, 11) is 0. The minimum Gasteiger partial charge on any atom is -0.480 e. The van der Waals surface area contributed by atoms with Gasteiger partial charge in [0.15, 0.2) is 0 Å². The number of carboxylic acid groups (broad SMARTS) is 1. The molecular weight excluding hydrogens is 392 g/mol. The van der Waals surface area contributed by atoms with Crippen LogP contribution in [0.2, 0.25) is 0 Å². The number of aliphatic carboxylic acids is 1. The van der Waals surface area contributed by atoms with Crippen molar-refractivity contribution >= 4 is 35.5 Å². The van der Waals surface area contributed by atoms with Crippen molar-refractivity contribution < 1.29 is 39.0 Å². The Balaban J connectivity index is 5.41. The Labute approximate surface area is 165 Å². The number of rotatable bonds is 12. The Bertz CT molecular complexity index is 667. The molecule has 0 spiro atoms. The molecule has 0 fully saturated rings. The molecule has 0 radical (unpaired) electrons. The molecule has 0 aliphatic carbocycles. The topological polar surface area (TPSA) is 257 Å². The van der Waals surface area contributed by atoms with Gasteiger partial charge < -0.3 is 43.4 Å². The number of nitrogens with one attached hydrogen (secondary N) is 3. The van der Waals surface area contributed by atoms with Gasteiger partial charge in [-0.2, -0.15) is 0 Å². The van der Waals surface area contributed by atoms with E-state index < -0.39 is 78.6 Å². The lowest BCUT2D eigenvalue weighted by molar-refractivity contribution is -0.142. The van der Waals surface area contributed by atoms with E-state index in [0.717, 1.165) is 6.92 Å². The second-order valence-electron chi connectivity index (χ2n) is 6.30. The minimum absolute atomic E-state index is 0.680. The van der Waals surface area contributed by atoms with Gasteiger partial charge in [0.1, 0.15) is 24.2 Å². The first-order valence-electron chi connectivity index (χ1n) is 8.40. The number of nitrogens with two attached hydrogens (primary N) is 3.